The van der Waals surface area contributed by atoms with Crippen molar-refractivity contribution < 1.29 is 4.74 Å². The Morgan fingerprint density at radius 1 is 1.56 bits per heavy atom. The van der Waals surface area contributed by atoms with Gasteiger partial charge in [0.1, 0.15) is 5.69 Å². The second-order valence-electron chi connectivity index (χ2n) is 3.41. The number of anilines is 1. The highest BCUT2D eigenvalue weighted by Crippen LogP contribution is 2.31. The van der Waals surface area contributed by atoms with Crippen LogP contribution < -0.4 is 15.4 Å². The van der Waals surface area contributed by atoms with E-state index in [9.17, 15) is 0 Å². The van der Waals surface area contributed by atoms with Gasteiger partial charge in [-0.15, -0.1) is 0 Å². The van der Waals surface area contributed by atoms with Crippen LogP contribution in [0.2, 0.25) is 5.02 Å². The standard InChI is InChI=1S/C10H13ClN4O/c1-6-5-7(11)8(9(14-6)16-2)15-10-12-3-4-13-10/h5H,3-4H2,1-2H3,(H2,12,13,15). The van der Waals surface area contributed by atoms with Crippen molar-refractivity contribution in [1.29, 1.82) is 0 Å². The lowest BCUT2D eigenvalue weighted by Gasteiger charge is -2.12. The summed E-state index contributed by atoms with van der Waals surface area (Å²) in [7, 11) is 1.56. The van der Waals surface area contributed by atoms with Crippen molar-refractivity contribution in [2.45, 2.75) is 6.92 Å². The van der Waals surface area contributed by atoms with Gasteiger partial charge in [-0.3, -0.25) is 4.99 Å². The van der Waals surface area contributed by atoms with Crippen molar-refractivity contribution in [3.63, 3.8) is 0 Å². The zero-order valence-corrected chi connectivity index (χ0v) is 9.93. The molecule has 2 rings (SSSR count). The molecule has 0 atom stereocenters. The van der Waals surface area contributed by atoms with Crippen molar-refractivity contribution >= 4 is 23.2 Å². The number of nitrogens with one attached hydrogen (secondary N) is 2. The fraction of sp³-hybridized carbons (Fsp3) is 0.400. The Kier molecular flexibility index (Phi) is 3.14. The molecular formula is C10H13ClN4O. The number of aliphatic imine (C=N–C) groups is 1. The maximum absolute atomic E-state index is 6.13. The third kappa shape index (κ3) is 2.19. The molecule has 1 aliphatic rings. The van der Waals surface area contributed by atoms with E-state index in [0.717, 1.165) is 18.8 Å². The van der Waals surface area contributed by atoms with Crippen molar-refractivity contribution in [3.05, 3.63) is 16.8 Å². The summed E-state index contributed by atoms with van der Waals surface area (Å²) in [4.78, 5) is 8.46. The minimum atomic E-state index is 0.474. The molecule has 2 N–H and O–H groups in total. The summed E-state index contributed by atoms with van der Waals surface area (Å²) in [5.41, 5.74) is 1.46. The molecule has 1 aromatic heterocycles. The number of aromatic nitrogens is 1. The fourth-order valence-electron chi connectivity index (χ4n) is 1.47. The fourth-order valence-corrected chi connectivity index (χ4v) is 1.75. The lowest BCUT2D eigenvalue weighted by atomic mass is 10.3. The second kappa shape index (κ2) is 4.57. The quantitative estimate of drug-likeness (QED) is 0.821. The zero-order valence-electron chi connectivity index (χ0n) is 9.17. The first-order chi connectivity index (χ1) is 7.70. The van der Waals surface area contributed by atoms with Crippen LogP contribution in [-0.4, -0.2) is 31.1 Å². The molecule has 0 fully saturated rings. The molecule has 16 heavy (non-hydrogen) atoms. The highest BCUT2D eigenvalue weighted by atomic mass is 35.5. The molecule has 0 saturated carbocycles. The molecule has 0 radical (unpaired) electrons. The molecule has 2 heterocycles. The van der Waals surface area contributed by atoms with Gasteiger partial charge < -0.3 is 15.4 Å². The first kappa shape index (κ1) is 11.0. The van der Waals surface area contributed by atoms with E-state index in [-0.39, 0.29) is 0 Å². The van der Waals surface area contributed by atoms with Gasteiger partial charge in [0.2, 0.25) is 5.88 Å². The van der Waals surface area contributed by atoms with Crippen LogP contribution >= 0.6 is 11.6 Å². The molecule has 0 unspecified atom stereocenters. The molecule has 5 nitrogen and oxygen atoms in total. The van der Waals surface area contributed by atoms with Crippen molar-refractivity contribution in [3.8, 4) is 5.88 Å². The van der Waals surface area contributed by atoms with E-state index in [1.165, 1.54) is 0 Å². The number of hydrogen-bond donors (Lipinski definition) is 2. The molecule has 0 bridgehead atoms. The minimum Gasteiger partial charge on any atom is -0.479 e. The van der Waals surface area contributed by atoms with Crippen LogP contribution in [0.1, 0.15) is 5.69 Å². The van der Waals surface area contributed by atoms with E-state index in [0.29, 0.717) is 22.5 Å². The number of hydrogen-bond acceptors (Lipinski definition) is 5. The van der Waals surface area contributed by atoms with Gasteiger partial charge in [-0.1, -0.05) is 11.6 Å². The monoisotopic (exact) mass is 240 g/mol. The zero-order chi connectivity index (χ0) is 11.5. The topological polar surface area (TPSA) is 58.5 Å². The van der Waals surface area contributed by atoms with Gasteiger partial charge in [0.15, 0.2) is 5.96 Å². The van der Waals surface area contributed by atoms with Crippen molar-refractivity contribution in [2.24, 2.45) is 4.99 Å². The smallest absolute Gasteiger partial charge is 0.239 e. The molecule has 0 saturated heterocycles. The normalized spacial score (nSPS) is 14.3. The first-order valence-corrected chi connectivity index (χ1v) is 5.35. The summed E-state index contributed by atoms with van der Waals surface area (Å²) in [5.74, 6) is 1.17. The van der Waals surface area contributed by atoms with Crippen LogP contribution in [-0.2, 0) is 0 Å². The number of nitrogens with zero attached hydrogens (tertiary/aromatic N) is 2. The van der Waals surface area contributed by atoms with Gasteiger partial charge in [-0.05, 0) is 13.0 Å². The molecular weight excluding hydrogens is 228 g/mol. The molecule has 0 amide bonds. The van der Waals surface area contributed by atoms with Crippen LogP contribution in [0.25, 0.3) is 0 Å². The van der Waals surface area contributed by atoms with Gasteiger partial charge in [0, 0.05) is 12.2 Å². The van der Waals surface area contributed by atoms with Crippen LogP contribution in [0.5, 0.6) is 5.88 Å². The van der Waals surface area contributed by atoms with Crippen molar-refractivity contribution in [2.75, 3.05) is 25.5 Å². The second-order valence-corrected chi connectivity index (χ2v) is 3.82. The number of ether oxygens (including phenoxy) is 1. The van der Waals surface area contributed by atoms with Gasteiger partial charge in [-0.25, -0.2) is 4.98 Å². The Morgan fingerprint density at radius 3 is 3.00 bits per heavy atom. The van der Waals surface area contributed by atoms with Crippen molar-refractivity contribution in [1.82, 2.24) is 10.3 Å². The maximum Gasteiger partial charge on any atom is 0.239 e. The van der Waals surface area contributed by atoms with E-state index >= 15 is 0 Å². The Balaban J connectivity index is 2.31. The average molecular weight is 241 g/mol. The van der Waals surface area contributed by atoms with E-state index in [1.54, 1.807) is 13.2 Å². The number of halogens is 1. The van der Waals surface area contributed by atoms with Crippen LogP contribution in [0, 0.1) is 6.92 Å². The van der Waals surface area contributed by atoms with E-state index in [4.69, 9.17) is 16.3 Å². The molecule has 0 spiro atoms. The predicted molar refractivity (Wildman–Crippen MR) is 64.5 cm³/mol. The molecule has 0 aliphatic carbocycles. The largest absolute Gasteiger partial charge is 0.479 e. The van der Waals surface area contributed by atoms with Gasteiger partial charge in [0.25, 0.3) is 0 Å². The molecule has 0 aromatic carbocycles. The number of aryl methyl sites for hydroxylation is 1. The lowest BCUT2D eigenvalue weighted by molar-refractivity contribution is 0.399. The number of pyridine rings is 1. The minimum absolute atomic E-state index is 0.474. The third-order valence-electron chi connectivity index (χ3n) is 2.18. The van der Waals surface area contributed by atoms with Gasteiger partial charge in [-0.2, -0.15) is 0 Å². The number of guanidine groups is 1. The van der Waals surface area contributed by atoms with Crippen LogP contribution in [0.4, 0.5) is 5.69 Å². The summed E-state index contributed by atoms with van der Waals surface area (Å²) >= 11 is 6.13. The average Bonchev–Trinajstić information content (AvgIpc) is 2.74. The summed E-state index contributed by atoms with van der Waals surface area (Å²) < 4.78 is 5.18. The summed E-state index contributed by atoms with van der Waals surface area (Å²) in [6.45, 7) is 3.46. The summed E-state index contributed by atoms with van der Waals surface area (Å²) in [5, 5.41) is 6.74. The summed E-state index contributed by atoms with van der Waals surface area (Å²) in [6.07, 6.45) is 0. The predicted octanol–water partition coefficient (Wildman–Crippen LogP) is 1.42. The first-order valence-electron chi connectivity index (χ1n) is 4.97. The third-order valence-corrected chi connectivity index (χ3v) is 2.48. The highest BCUT2D eigenvalue weighted by Gasteiger charge is 2.14. The Hall–Kier alpha value is -1.49. The molecule has 86 valence electrons. The van der Waals surface area contributed by atoms with E-state index in [1.807, 2.05) is 6.92 Å². The van der Waals surface area contributed by atoms with Crippen LogP contribution in [0.3, 0.4) is 0 Å². The SMILES string of the molecule is COc1nc(C)cc(Cl)c1NC1=NCCN1. The van der Waals surface area contributed by atoms with Gasteiger partial charge >= 0.3 is 0 Å². The Labute approximate surface area is 98.9 Å². The molecule has 1 aliphatic heterocycles. The maximum atomic E-state index is 6.13. The van der Waals surface area contributed by atoms with Gasteiger partial charge in [0.05, 0.1) is 18.7 Å². The Bertz CT molecular complexity index is 433. The Morgan fingerprint density at radius 2 is 2.38 bits per heavy atom. The van der Waals surface area contributed by atoms with E-state index in [2.05, 4.69) is 20.6 Å². The lowest BCUT2D eigenvalue weighted by Crippen LogP contribution is -2.26. The highest BCUT2D eigenvalue weighted by molar-refractivity contribution is 6.34. The number of methoxy groups -OCH3 is 1. The van der Waals surface area contributed by atoms with Crippen LogP contribution in [0.15, 0.2) is 11.1 Å². The molecule has 1 aromatic rings. The van der Waals surface area contributed by atoms with E-state index < -0.39 is 0 Å². The summed E-state index contributed by atoms with van der Waals surface area (Å²) in [6, 6.07) is 1.78. The molecule has 6 heteroatoms. The number of rotatable bonds is 2.